The minimum absolute atomic E-state index is 0.0616. The molecule has 3 N–H and O–H groups in total. The number of rotatable bonds is 9. The Labute approximate surface area is 258 Å². The second-order valence-corrected chi connectivity index (χ2v) is 11.9. The monoisotopic (exact) mass is 601 g/mol. The molecule has 1 atom stereocenters. The average molecular weight is 602 g/mol. The van der Waals surface area contributed by atoms with Gasteiger partial charge in [-0.2, -0.15) is 0 Å². The Kier molecular flexibility index (Phi) is 7.85. The molecule has 2 aromatic carbocycles. The largest absolute Gasteiger partial charge is 0.392 e. The number of fused-ring (bicyclic) bond motifs is 1. The zero-order valence-electron chi connectivity index (χ0n) is 23.9. The van der Waals surface area contributed by atoms with Crippen LogP contribution < -0.4 is 10.6 Å². The highest BCUT2D eigenvalue weighted by Gasteiger charge is 2.21. The van der Waals surface area contributed by atoms with Crippen molar-refractivity contribution in [2.45, 2.75) is 25.5 Å². The zero-order chi connectivity index (χ0) is 29.9. The van der Waals surface area contributed by atoms with E-state index in [0.717, 1.165) is 58.2 Å². The second kappa shape index (κ2) is 12.4. The summed E-state index contributed by atoms with van der Waals surface area (Å²) in [6.07, 6.45) is 4.63. The predicted molar refractivity (Wildman–Crippen MR) is 174 cm³/mol. The first-order chi connectivity index (χ1) is 21.6. The Hall–Kier alpha value is -4.90. The number of aromatic nitrogens is 4. The minimum Gasteiger partial charge on any atom is -0.392 e. The number of thiophene rings is 1. The Bertz CT molecular complexity index is 1920. The van der Waals surface area contributed by atoms with Gasteiger partial charge in [-0.3, -0.25) is 14.1 Å². The summed E-state index contributed by atoms with van der Waals surface area (Å²) in [4.78, 5) is 30.4. The van der Waals surface area contributed by atoms with Gasteiger partial charge in [0.25, 0.3) is 0 Å². The third kappa shape index (κ3) is 6.23. The van der Waals surface area contributed by atoms with E-state index in [1.165, 1.54) is 0 Å². The van der Waals surface area contributed by atoms with Crippen molar-refractivity contribution < 1.29 is 9.90 Å². The van der Waals surface area contributed by atoms with Crippen LogP contribution in [-0.4, -0.2) is 54.5 Å². The summed E-state index contributed by atoms with van der Waals surface area (Å²) in [7, 11) is 0. The van der Waals surface area contributed by atoms with Crippen molar-refractivity contribution in [2.75, 3.05) is 23.7 Å². The van der Waals surface area contributed by atoms with Crippen molar-refractivity contribution in [3.05, 3.63) is 113 Å². The quantitative estimate of drug-likeness (QED) is 0.186. The molecule has 4 aromatic heterocycles. The van der Waals surface area contributed by atoms with Crippen LogP contribution in [0.5, 0.6) is 0 Å². The van der Waals surface area contributed by atoms with Gasteiger partial charge in [0.15, 0.2) is 0 Å². The molecular weight excluding hydrogens is 570 g/mol. The maximum Gasteiger partial charge on any atom is 0.229 e. The standard InChI is InChI=1S/C34H31N7O2S/c42-27-13-16-40(22-27)21-23-6-3-8-25(18-23)37-34-35-14-12-29(38-34)33-32(39-30-11-1-2-15-41(30)33)24-7-4-9-26(19-24)36-31(43)20-28-10-5-17-44-28/h1-12,14-15,17-19,27,42H,13,16,20-22H2,(H,36,43)(H,35,37,38). The summed E-state index contributed by atoms with van der Waals surface area (Å²) in [6, 6.07) is 27.6. The van der Waals surface area contributed by atoms with Crippen LogP contribution in [0.4, 0.5) is 17.3 Å². The zero-order valence-corrected chi connectivity index (χ0v) is 24.7. The summed E-state index contributed by atoms with van der Waals surface area (Å²) >= 11 is 1.57. The van der Waals surface area contributed by atoms with E-state index >= 15 is 0 Å². The van der Waals surface area contributed by atoms with Crippen LogP contribution in [0.15, 0.2) is 103 Å². The molecule has 1 aliphatic rings. The van der Waals surface area contributed by atoms with Crippen molar-refractivity contribution in [3.8, 4) is 22.6 Å². The van der Waals surface area contributed by atoms with Crippen LogP contribution in [0.3, 0.4) is 0 Å². The Morgan fingerprint density at radius 2 is 1.89 bits per heavy atom. The molecule has 0 bridgehead atoms. The first-order valence-corrected chi connectivity index (χ1v) is 15.4. The highest BCUT2D eigenvalue weighted by molar-refractivity contribution is 7.10. The van der Waals surface area contributed by atoms with E-state index < -0.39 is 0 Å². The first-order valence-electron chi connectivity index (χ1n) is 14.6. The predicted octanol–water partition coefficient (Wildman–Crippen LogP) is 6.01. The maximum atomic E-state index is 12.7. The summed E-state index contributed by atoms with van der Waals surface area (Å²) in [5, 5.41) is 18.3. The van der Waals surface area contributed by atoms with Crippen LogP contribution in [0.25, 0.3) is 28.3 Å². The van der Waals surface area contributed by atoms with Gasteiger partial charge in [-0.1, -0.05) is 36.4 Å². The van der Waals surface area contributed by atoms with E-state index in [1.807, 2.05) is 88.8 Å². The summed E-state index contributed by atoms with van der Waals surface area (Å²) in [5.74, 6) is 0.413. The molecule has 9 nitrogen and oxygen atoms in total. The molecule has 0 spiro atoms. The molecule has 6 aromatic rings. The number of hydrogen-bond donors (Lipinski definition) is 3. The lowest BCUT2D eigenvalue weighted by atomic mass is 10.1. The van der Waals surface area contributed by atoms with Gasteiger partial charge in [0.1, 0.15) is 5.65 Å². The van der Waals surface area contributed by atoms with Crippen LogP contribution in [0, 0.1) is 0 Å². The average Bonchev–Trinajstić information content (AvgIpc) is 3.78. The number of carbonyl (C=O) groups excluding carboxylic acids is 1. The number of anilines is 3. The molecule has 1 unspecified atom stereocenters. The fourth-order valence-electron chi connectivity index (χ4n) is 5.60. The van der Waals surface area contributed by atoms with Crippen molar-refractivity contribution >= 4 is 40.2 Å². The summed E-state index contributed by atoms with van der Waals surface area (Å²) < 4.78 is 2.02. The molecular formula is C34H31N7O2S. The maximum absolute atomic E-state index is 12.7. The Morgan fingerprint density at radius 1 is 0.977 bits per heavy atom. The number of imidazole rings is 1. The Morgan fingerprint density at radius 3 is 2.75 bits per heavy atom. The molecule has 7 rings (SSSR count). The van der Waals surface area contributed by atoms with Crippen LogP contribution in [-0.2, 0) is 17.8 Å². The number of carbonyl (C=O) groups is 1. The normalized spacial score (nSPS) is 15.1. The van der Waals surface area contributed by atoms with E-state index in [0.29, 0.717) is 30.3 Å². The molecule has 220 valence electrons. The van der Waals surface area contributed by atoms with Gasteiger partial charge in [-0.15, -0.1) is 11.3 Å². The number of aliphatic hydroxyl groups is 1. The van der Waals surface area contributed by atoms with Crippen LogP contribution in [0.2, 0.25) is 0 Å². The highest BCUT2D eigenvalue weighted by Crippen LogP contribution is 2.33. The summed E-state index contributed by atoms with van der Waals surface area (Å²) in [5.41, 5.74) is 6.71. The number of likely N-dealkylation sites (tertiary alicyclic amines) is 1. The molecule has 0 aliphatic carbocycles. The SMILES string of the molecule is O=C(Cc1cccs1)Nc1cccc(-c2nc3ccccn3c2-c2ccnc(Nc3cccc(CN4CCC(O)C4)c3)n2)c1. The van der Waals surface area contributed by atoms with Crippen molar-refractivity contribution in [3.63, 3.8) is 0 Å². The number of β-amino-alcohol motifs (C(OH)–C–C–N with tert-alkyl or cyclic N) is 1. The summed E-state index contributed by atoms with van der Waals surface area (Å²) in [6.45, 7) is 2.39. The van der Waals surface area contributed by atoms with E-state index in [9.17, 15) is 9.90 Å². The van der Waals surface area contributed by atoms with Gasteiger partial charge in [0, 0.05) is 53.8 Å². The van der Waals surface area contributed by atoms with E-state index in [-0.39, 0.29) is 12.0 Å². The second-order valence-electron chi connectivity index (χ2n) is 10.9. The van der Waals surface area contributed by atoms with Gasteiger partial charge in [0.2, 0.25) is 11.9 Å². The number of nitrogens with one attached hydrogen (secondary N) is 2. The molecule has 1 fully saturated rings. The lowest BCUT2D eigenvalue weighted by Gasteiger charge is -2.15. The van der Waals surface area contributed by atoms with E-state index in [1.54, 1.807) is 17.5 Å². The lowest BCUT2D eigenvalue weighted by Crippen LogP contribution is -2.21. The number of hydrogen-bond acceptors (Lipinski definition) is 8. The topological polar surface area (TPSA) is 108 Å². The Balaban J connectivity index is 1.17. The number of nitrogens with zero attached hydrogens (tertiary/aromatic N) is 5. The number of aliphatic hydroxyl groups excluding tert-OH is 1. The fourth-order valence-corrected chi connectivity index (χ4v) is 6.31. The third-order valence-corrected chi connectivity index (χ3v) is 8.48. The number of pyridine rings is 1. The smallest absolute Gasteiger partial charge is 0.229 e. The molecule has 0 saturated carbocycles. The van der Waals surface area contributed by atoms with Gasteiger partial charge in [0.05, 0.1) is 29.6 Å². The number of amides is 1. The van der Waals surface area contributed by atoms with Gasteiger partial charge in [-0.25, -0.2) is 15.0 Å². The molecule has 1 amide bonds. The third-order valence-electron chi connectivity index (χ3n) is 7.60. The minimum atomic E-state index is -0.241. The number of benzene rings is 2. The van der Waals surface area contributed by atoms with Gasteiger partial charge >= 0.3 is 0 Å². The molecule has 1 aliphatic heterocycles. The van der Waals surface area contributed by atoms with Gasteiger partial charge < -0.3 is 15.7 Å². The van der Waals surface area contributed by atoms with E-state index in [4.69, 9.17) is 9.97 Å². The van der Waals surface area contributed by atoms with Crippen LogP contribution >= 0.6 is 11.3 Å². The highest BCUT2D eigenvalue weighted by atomic mass is 32.1. The van der Waals surface area contributed by atoms with Crippen molar-refractivity contribution in [1.82, 2.24) is 24.3 Å². The fraction of sp³-hybridized carbons (Fsp3) is 0.176. The molecule has 10 heteroatoms. The molecule has 1 saturated heterocycles. The van der Waals surface area contributed by atoms with E-state index in [2.05, 4.69) is 32.7 Å². The van der Waals surface area contributed by atoms with Crippen LogP contribution in [0.1, 0.15) is 16.9 Å². The molecule has 0 radical (unpaired) electrons. The first kappa shape index (κ1) is 27.9. The van der Waals surface area contributed by atoms with Gasteiger partial charge in [-0.05, 0) is 65.9 Å². The van der Waals surface area contributed by atoms with Crippen molar-refractivity contribution in [1.29, 1.82) is 0 Å². The van der Waals surface area contributed by atoms with Crippen molar-refractivity contribution in [2.24, 2.45) is 0 Å². The molecule has 44 heavy (non-hydrogen) atoms. The lowest BCUT2D eigenvalue weighted by molar-refractivity contribution is -0.115. The molecule has 5 heterocycles.